The molecule has 1 unspecified atom stereocenters. The van der Waals surface area contributed by atoms with Crippen molar-refractivity contribution >= 4 is 23.7 Å². The Morgan fingerprint density at radius 1 is 1.33 bits per heavy atom. The standard InChI is InChI=1S/C12H12N2OS.C10H19NO2.C3H9N/c1-9-12(16-8-14-9)11-4-2-10(3-5-11)6-13-7-15;1-10(2,3)6-9(13)11-5-4-8(12)7-11;1-3(2)4/h2-5,7-8H,6H2,1H3,(H,13,15);8,12H,4-7H2,1-3H3;3H,4H2,1-2H3. The van der Waals surface area contributed by atoms with Crippen molar-refractivity contribution in [1.29, 1.82) is 0 Å². The molecule has 1 aromatic heterocycles. The fraction of sp³-hybridized carbons (Fsp3) is 0.560. The van der Waals surface area contributed by atoms with Crippen LogP contribution in [-0.2, 0) is 16.1 Å². The van der Waals surface area contributed by atoms with Crippen LogP contribution < -0.4 is 11.1 Å². The van der Waals surface area contributed by atoms with Crippen LogP contribution in [0, 0.1) is 12.3 Å². The molecule has 8 heteroatoms. The quantitative estimate of drug-likeness (QED) is 0.570. The van der Waals surface area contributed by atoms with Gasteiger partial charge in [0.25, 0.3) is 0 Å². The Morgan fingerprint density at radius 3 is 2.36 bits per heavy atom. The molecule has 33 heavy (non-hydrogen) atoms. The first kappa shape index (κ1) is 28.7. The molecular weight excluding hydrogens is 436 g/mol. The van der Waals surface area contributed by atoms with Crippen LogP contribution >= 0.6 is 11.3 Å². The number of β-amino-alcohol motifs (C(OH)–C–C–N with tert-alkyl or cyclic N) is 1. The van der Waals surface area contributed by atoms with Crippen molar-refractivity contribution in [3.05, 3.63) is 41.0 Å². The summed E-state index contributed by atoms with van der Waals surface area (Å²) in [6.45, 7) is 13.9. The van der Waals surface area contributed by atoms with Crippen molar-refractivity contribution < 1.29 is 14.7 Å². The maximum Gasteiger partial charge on any atom is 0.223 e. The van der Waals surface area contributed by atoms with Gasteiger partial charge in [-0.1, -0.05) is 58.9 Å². The number of hydrogen-bond acceptors (Lipinski definition) is 6. The number of aliphatic hydroxyl groups is 1. The van der Waals surface area contributed by atoms with Gasteiger partial charge in [-0.2, -0.15) is 0 Å². The van der Waals surface area contributed by atoms with Crippen molar-refractivity contribution in [2.75, 3.05) is 13.1 Å². The second-order valence-electron chi connectivity index (χ2n) is 9.73. The smallest absolute Gasteiger partial charge is 0.223 e. The largest absolute Gasteiger partial charge is 0.391 e. The summed E-state index contributed by atoms with van der Waals surface area (Å²) >= 11 is 1.64. The Morgan fingerprint density at radius 2 is 1.94 bits per heavy atom. The number of nitrogens with two attached hydrogens (primary N) is 1. The first-order valence-corrected chi connectivity index (χ1v) is 12.2. The molecule has 4 N–H and O–H groups in total. The Balaban J connectivity index is 0.000000289. The normalized spacial score (nSPS) is 15.3. The molecule has 1 aliphatic rings. The number of likely N-dealkylation sites (tertiary alicyclic amines) is 1. The van der Waals surface area contributed by atoms with E-state index in [-0.39, 0.29) is 17.4 Å². The second-order valence-corrected chi connectivity index (χ2v) is 10.6. The summed E-state index contributed by atoms with van der Waals surface area (Å²) < 4.78 is 0. The molecule has 1 aromatic carbocycles. The number of carbonyl (C=O) groups is 2. The number of nitrogens with one attached hydrogen (secondary N) is 1. The minimum absolute atomic E-state index is 0.0463. The van der Waals surface area contributed by atoms with Gasteiger partial charge in [-0.25, -0.2) is 4.98 Å². The molecule has 3 rings (SSSR count). The van der Waals surface area contributed by atoms with Crippen LogP contribution in [0.1, 0.15) is 58.7 Å². The van der Waals surface area contributed by atoms with E-state index in [1.54, 1.807) is 16.2 Å². The molecule has 0 aliphatic carbocycles. The zero-order chi connectivity index (χ0) is 25.0. The molecule has 7 nitrogen and oxygen atoms in total. The number of carbonyl (C=O) groups excluding carboxylic acids is 2. The predicted molar refractivity (Wildman–Crippen MR) is 136 cm³/mol. The van der Waals surface area contributed by atoms with Gasteiger partial charge in [0, 0.05) is 26.1 Å². The molecule has 1 aliphatic heterocycles. The lowest BCUT2D eigenvalue weighted by molar-refractivity contribution is -0.132. The summed E-state index contributed by atoms with van der Waals surface area (Å²) in [5.74, 6) is 0.170. The highest BCUT2D eigenvalue weighted by atomic mass is 32.1. The molecular formula is C25H40N4O3S. The Labute approximate surface area is 202 Å². The van der Waals surface area contributed by atoms with Crippen molar-refractivity contribution in [3.63, 3.8) is 0 Å². The van der Waals surface area contributed by atoms with Gasteiger partial charge in [0.15, 0.2) is 0 Å². The molecule has 1 atom stereocenters. The predicted octanol–water partition coefficient (Wildman–Crippen LogP) is 3.73. The molecule has 0 bridgehead atoms. The van der Waals surface area contributed by atoms with Crippen molar-refractivity contribution in [3.8, 4) is 10.4 Å². The lowest BCUT2D eigenvalue weighted by Gasteiger charge is -2.22. The molecule has 184 valence electrons. The highest BCUT2D eigenvalue weighted by molar-refractivity contribution is 7.13. The van der Waals surface area contributed by atoms with Gasteiger partial charge in [0.2, 0.25) is 12.3 Å². The maximum atomic E-state index is 11.6. The van der Waals surface area contributed by atoms with Gasteiger partial charge in [-0.15, -0.1) is 11.3 Å². The molecule has 2 heterocycles. The topological polar surface area (TPSA) is 109 Å². The van der Waals surface area contributed by atoms with E-state index in [0.717, 1.165) is 24.2 Å². The van der Waals surface area contributed by atoms with Crippen LogP contribution in [0.2, 0.25) is 0 Å². The molecule has 1 saturated heterocycles. The van der Waals surface area contributed by atoms with E-state index in [4.69, 9.17) is 5.73 Å². The van der Waals surface area contributed by atoms with Crippen LogP contribution in [-0.4, -0.2) is 52.5 Å². The highest BCUT2D eigenvalue weighted by Crippen LogP contribution is 2.27. The first-order chi connectivity index (χ1) is 15.4. The van der Waals surface area contributed by atoms with Crippen LogP contribution in [0.25, 0.3) is 10.4 Å². The summed E-state index contributed by atoms with van der Waals surface area (Å²) in [6.07, 6.45) is 1.71. The van der Waals surface area contributed by atoms with Crippen molar-refractivity contribution in [2.24, 2.45) is 11.1 Å². The number of benzene rings is 1. The van der Waals surface area contributed by atoms with E-state index in [1.165, 1.54) is 10.4 Å². The number of amides is 2. The zero-order valence-electron chi connectivity index (χ0n) is 20.8. The highest BCUT2D eigenvalue weighted by Gasteiger charge is 2.27. The van der Waals surface area contributed by atoms with Crippen LogP contribution in [0.15, 0.2) is 29.8 Å². The van der Waals surface area contributed by atoms with Crippen LogP contribution in [0.3, 0.4) is 0 Å². The Kier molecular flexibility index (Phi) is 12.3. The van der Waals surface area contributed by atoms with E-state index in [0.29, 0.717) is 32.0 Å². The second kappa shape index (κ2) is 14.1. The summed E-state index contributed by atoms with van der Waals surface area (Å²) in [4.78, 5) is 29.0. The summed E-state index contributed by atoms with van der Waals surface area (Å²) in [7, 11) is 0. The Hall–Kier alpha value is -2.29. The maximum absolute atomic E-state index is 11.6. The molecule has 2 aromatic rings. The number of aromatic nitrogens is 1. The Bertz CT molecular complexity index is 841. The number of aryl methyl sites for hydroxylation is 1. The number of thiazole rings is 1. The molecule has 1 fully saturated rings. The van der Waals surface area contributed by atoms with E-state index < -0.39 is 0 Å². The number of rotatable bonds is 5. The average Bonchev–Trinajstić information content (AvgIpc) is 3.34. The van der Waals surface area contributed by atoms with Gasteiger partial charge in [-0.3, -0.25) is 9.59 Å². The van der Waals surface area contributed by atoms with Gasteiger partial charge < -0.3 is 21.1 Å². The third-order valence-corrected chi connectivity index (χ3v) is 5.53. The van der Waals surface area contributed by atoms with E-state index >= 15 is 0 Å². The minimum atomic E-state index is -0.302. The summed E-state index contributed by atoms with van der Waals surface area (Å²) in [5, 5.41) is 11.9. The third kappa shape index (κ3) is 11.9. The molecule has 0 saturated carbocycles. The summed E-state index contributed by atoms with van der Waals surface area (Å²) in [6, 6.07) is 8.49. The van der Waals surface area contributed by atoms with E-state index in [2.05, 4.69) is 43.2 Å². The first-order valence-electron chi connectivity index (χ1n) is 11.3. The molecule has 0 spiro atoms. The third-order valence-electron chi connectivity index (χ3n) is 4.55. The number of nitrogens with zero attached hydrogens (tertiary/aromatic N) is 2. The fourth-order valence-electron chi connectivity index (χ4n) is 3.05. The van der Waals surface area contributed by atoms with E-state index in [9.17, 15) is 14.7 Å². The number of hydrogen-bond donors (Lipinski definition) is 3. The zero-order valence-corrected chi connectivity index (χ0v) is 21.6. The number of aliphatic hydroxyl groups excluding tert-OH is 1. The van der Waals surface area contributed by atoms with Gasteiger partial charge in [-0.05, 0) is 35.9 Å². The lowest BCUT2D eigenvalue weighted by atomic mass is 9.92. The SMILES string of the molecule is CC(C)(C)CC(=O)N1CCC(O)C1.CC(C)N.Cc1ncsc1-c1ccc(CNC=O)cc1. The lowest BCUT2D eigenvalue weighted by Crippen LogP contribution is -2.32. The monoisotopic (exact) mass is 476 g/mol. The van der Waals surface area contributed by atoms with Crippen LogP contribution in [0.5, 0.6) is 0 Å². The van der Waals surface area contributed by atoms with Crippen LogP contribution in [0.4, 0.5) is 0 Å². The fourth-order valence-corrected chi connectivity index (χ4v) is 3.86. The van der Waals surface area contributed by atoms with Crippen molar-refractivity contribution in [1.82, 2.24) is 15.2 Å². The van der Waals surface area contributed by atoms with Gasteiger partial charge >= 0.3 is 0 Å². The van der Waals surface area contributed by atoms with E-state index in [1.807, 2.05) is 38.4 Å². The molecule has 2 amide bonds. The van der Waals surface area contributed by atoms with Crippen molar-refractivity contribution in [2.45, 2.75) is 73.1 Å². The van der Waals surface area contributed by atoms with Gasteiger partial charge in [0.05, 0.1) is 22.2 Å². The minimum Gasteiger partial charge on any atom is -0.391 e. The average molecular weight is 477 g/mol. The van der Waals surface area contributed by atoms with Gasteiger partial charge in [0.1, 0.15) is 0 Å². The molecule has 0 radical (unpaired) electrons. The summed E-state index contributed by atoms with van der Waals surface area (Å²) in [5.41, 5.74) is 10.3.